The summed E-state index contributed by atoms with van der Waals surface area (Å²) in [7, 11) is 0. The van der Waals surface area contributed by atoms with Crippen molar-refractivity contribution in [1.82, 2.24) is 19.3 Å². The molecule has 0 fully saturated rings. The van der Waals surface area contributed by atoms with E-state index in [1.165, 1.54) is 11.1 Å². The third-order valence-electron chi connectivity index (χ3n) is 4.68. The van der Waals surface area contributed by atoms with Gasteiger partial charge >= 0.3 is 0 Å². The molecule has 0 saturated carbocycles. The van der Waals surface area contributed by atoms with Gasteiger partial charge in [0.1, 0.15) is 11.7 Å². The SMILES string of the molecule is Cc1ccc(-n2ncc3c(=O)n(Cc4cc(C)ccc4C)cnc32)cc1. The first-order chi connectivity index (χ1) is 12.5. The standard InChI is InChI=1S/C21H20N4O/c1-14-5-8-18(9-6-14)25-20-19(11-23-25)21(26)24(13-22-20)12-17-10-15(2)4-7-16(17)3/h4-11,13H,12H2,1-3H3. The molecule has 0 aliphatic heterocycles. The summed E-state index contributed by atoms with van der Waals surface area (Å²) in [6, 6.07) is 14.3. The third kappa shape index (κ3) is 2.81. The van der Waals surface area contributed by atoms with Crippen molar-refractivity contribution in [3.8, 4) is 5.69 Å². The Bertz CT molecular complexity index is 1150. The van der Waals surface area contributed by atoms with Crippen LogP contribution in [0, 0.1) is 20.8 Å². The van der Waals surface area contributed by atoms with Crippen LogP contribution >= 0.6 is 0 Å². The molecular formula is C21H20N4O. The summed E-state index contributed by atoms with van der Waals surface area (Å²) in [4.78, 5) is 17.4. The zero-order valence-electron chi connectivity index (χ0n) is 15.1. The second kappa shape index (κ2) is 6.26. The summed E-state index contributed by atoms with van der Waals surface area (Å²) in [5.41, 5.74) is 6.04. The fourth-order valence-corrected chi connectivity index (χ4v) is 3.09. The summed E-state index contributed by atoms with van der Waals surface area (Å²) < 4.78 is 3.35. The summed E-state index contributed by atoms with van der Waals surface area (Å²) in [6.45, 7) is 6.65. The van der Waals surface area contributed by atoms with Gasteiger partial charge in [0.25, 0.3) is 5.56 Å². The molecule has 26 heavy (non-hydrogen) atoms. The fourth-order valence-electron chi connectivity index (χ4n) is 3.09. The number of fused-ring (bicyclic) bond motifs is 1. The van der Waals surface area contributed by atoms with Gasteiger partial charge < -0.3 is 0 Å². The van der Waals surface area contributed by atoms with Crippen molar-refractivity contribution in [2.75, 3.05) is 0 Å². The Hall–Kier alpha value is -3.21. The molecule has 0 spiro atoms. The quantitative estimate of drug-likeness (QED) is 0.571. The van der Waals surface area contributed by atoms with Crippen LogP contribution in [0.1, 0.15) is 22.3 Å². The Morgan fingerprint density at radius 1 is 0.962 bits per heavy atom. The summed E-state index contributed by atoms with van der Waals surface area (Å²) in [5, 5.41) is 4.90. The second-order valence-corrected chi connectivity index (χ2v) is 6.74. The molecule has 0 aliphatic carbocycles. The predicted octanol–water partition coefficient (Wildman–Crippen LogP) is 3.56. The number of hydrogen-bond donors (Lipinski definition) is 0. The maximum atomic E-state index is 12.9. The van der Waals surface area contributed by atoms with Crippen molar-refractivity contribution in [3.05, 3.63) is 87.6 Å². The molecule has 4 rings (SSSR count). The van der Waals surface area contributed by atoms with Crippen LogP contribution in [0.2, 0.25) is 0 Å². The van der Waals surface area contributed by atoms with Crippen LogP contribution < -0.4 is 5.56 Å². The van der Waals surface area contributed by atoms with Crippen molar-refractivity contribution in [2.45, 2.75) is 27.3 Å². The lowest BCUT2D eigenvalue weighted by Gasteiger charge is -2.10. The van der Waals surface area contributed by atoms with Crippen LogP contribution in [0.3, 0.4) is 0 Å². The zero-order chi connectivity index (χ0) is 18.3. The molecule has 0 aliphatic rings. The largest absolute Gasteiger partial charge is 0.294 e. The van der Waals surface area contributed by atoms with Gasteiger partial charge in [-0.3, -0.25) is 9.36 Å². The second-order valence-electron chi connectivity index (χ2n) is 6.74. The Morgan fingerprint density at radius 3 is 2.46 bits per heavy atom. The Morgan fingerprint density at radius 2 is 1.69 bits per heavy atom. The summed E-state index contributed by atoms with van der Waals surface area (Å²) in [5.74, 6) is 0. The normalized spacial score (nSPS) is 11.2. The molecule has 0 radical (unpaired) electrons. The van der Waals surface area contributed by atoms with Crippen molar-refractivity contribution >= 4 is 11.0 Å². The van der Waals surface area contributed by atoms with E-state index in [-0.39, 0.29) is 5.56 Å². The number of nitrogens with zero attached hydrogens (tertiary/aromatic N) is 4. The highest BCUT2D eigenvalue weighted by Gasteiger charge is 2.12. The molecule has 2 heterocycles. The molecule has 0 amide bonds. The van der Waals surface area contributed by atoms with Crippen molar-refractivity contribution in [2.24, 2.45) is 0 Å². The van der Waals surface area contributed by atoms with Crippen LogP contribution in [0.15, 0.2) is 59.8 Å². The highest BCUT2D eigenvalue weighted by atomic mass is 16.1. The highest BCUT2D eigenvalue weighted by molar-refractivity contribution is 5.74. The van der Waals surface area contributed by atoms with Gasteiger partial charge in [0.15, 0.2) is 5.65 Å². The van der Waals surface area contributed by atoms with Crippen LogP contribution in [0.25, 0.3) is 16.7 Å². The van der Waals surface area contributed by atoms with E-state index >= 15 is 0 Å². The minimum absolute atomic E-state index is 0.0748. The lowest BCUT2D eigenvalue weighted by Crippen LogP contribution is -2.21. The van der Waals surface area contributed by atoms with Crippen LogP contribution in [0.5, 0.6) is 0 Å². The van der Waals surface area contributed by atoms with E-state index in [1.807, 2.05) is 31.2 Å². The van der Waals surface area contributed by atoms with E-state index in [0.717, 1.165) is 16.8 Å². The topological polar surface area (TPSA) is 52.7 Å². The molecular weight excluding hydrogens is 324 g/mol. The number of hydrogen-bond acceptors (Lipinski definition) is 3. The van der Waals surface area contributed by atoms with E-state index in [9.17, 15) is 4.79 Å². The van der Waals surface area contributed by atoms with Gasteiger partial charge in [0, 0.05) is 0 Å². The fraction of sp³-hybridized carbons (Fsp3) is 0.190. The lowest BCUT2D eigenvalue weighted by molar-refractivity contribution is 0.741. The maximum absolute atomic E-state index is 12.9. The van der Waals surface area contributed by atoms with Crippen LogP contribution in [-0.4, -0.2) is 19.3 Å². The summed E-state index contributed by atoms with van der Waals surface area (Å²) >= 11 is 0. The summed E-state index contributed by atoms with van der Waals surface area (Å²) in [6.07, 6.45) is 3.21. The molecule has 5 heteroatoms. The number of aromatic nitrogens is 4. The van der Waals surface area contributed by atoms with Gasteiger partial charge in [0.2, 0.25) is 0 Å². The zero-order valence-corrected chi connectivity index (χ0v) is 15.1. The molecule has 0 saturated heterocycles. The molecule has 0 atom stereocenters. The highest BCUT2D eigenvalue weighted by Crippen LogP contribution is 2.15. The number of benzene rings is 2. The van der Waals surface area contributed by atoms with E-state index in [2.05, 4.69) is 42.1 Å². The van der Waals surface area contributed by atoms with E-state index < -0.39 is 0 Å². The van der Waals surface area contributed by atoms with Gasteiger partial charge in [-0.1, -0.05) is 41.5 Å². The maximum Gasteiger partial charge on any atom is 0.264 e. The molecule has 2 aromatic carbocycles. The average Bonchev–Trinajstić information content (AvgIpc) is 3.06. The molecule has 4 aromatic rings. The van der Waals surface area contributed by atoms with Gasteiger partial charge in [-0.2, -0.15) is 5.10 Å². The van der Waals surface area contributed by atoms with E-state index in [1.54, 1.807) is 21.8 Å². The van der Waals surface area contributed by atoms with Gasteiger partial charge in [-0.25, -0.2) is 9.67 Å². The van der Waals surface area contributed by atoms with Crippen LogP contribution in [0.4, 0.5) is 0 Å². The Kier molecular flexibility index (Phi) is 3.92. The van der Waals surface area contributed by atoms with Crippen molar-refractivity contribution in [1.29, 1.82) is 0 Å². The molecule has 0 N–H and O–H groups in total. The van der Waals surface area contributed by atoms with E-state index in [4.69, 9.17) is 0 Å². The van der Waals surface area contributed by atoms with Gasteiger partial charge in [-0.15, -0.1) is 0 Å². The lowest BCUT2D eigenvalue weighted by atomic mass is 10.1. The first kappa shape index (κ1) is 16.3. The van der Waals surface area contributed by atoms with Crippen LogP contribution in [-0.2, 0) is 6.54 Å². The van der Waals surface area contributed by atoms with Gasteiger partial charge in [-0.05, 0) is 44.0 Å². The first-order valence-corrected chi connectivity index (χ1v) is 8.59. The van der Waals surface area contributed by atoms with Crippen molar-refractivity contribution < 1.29 is 0 Å². The minimum atomic E-state index is -0.0748. The molecule has 130 valence electrons. The van der Waals surface area contributed by atoms with Crippen molar-refractivity contribution in [3.63, 3.8) is 0 Å². The first-order valence-electron chi connectivity index (χ1n) is 8.59. The minimum Gasteiger partial charge on any atom is -0.294 e. The molecule has 5 nitrogen and oxygen atoms in total. The molecule has 2 aromatic heterocycles. The number of rotatable bonds is 3. The Labute approximate surface area is 151 Å². The smallest absolute Gasteiger partial charge is 0.264 e. The third-order valence-corrected chi connectivity index (χ3v) is 4.68. The average molecular weight is 344 g/mol. The molecule has 0 bridgehead atoms. The van der Waals surface area contributed by atoms with Gasteiger partial charge in [0.05, 0.1) is 18.4 Å². The Balaban J connectivity index is 1.78. The van der Waals surface area contributed by atoms with E-state index in [0.29, 0.717) is 17.6 Å². The molecule has 0 unspecified atom stereocenters. The number of aryl methyl sites for hydroxylation is 3. The monoisotopic (exact) mass is 344 g/mol. The predicted molar refractivity (Wildman–Crippen MR) is 103 cm³/mol.